The lowest BCUT2D eigenvalue weighted by Crippen LogP contribution is -2.42. The van der Waals surface area contributed by atoms with E-state index in [-0.39, 0.29) is 12.5 Å². The molecule has 17 heavy (non-hydrogen) atoms. The smallest absolute Gasteiger partial charge is 0.279 e. The topological polar surface area (TPSA) is 69.6 Å². The highest BCUT2D eigenvalue weighted by Crippen LogP contribution is 2.10. The van der Waals surface area contributed by atoms with Crippen LogP contribution in [0, 0.1) is 5.92 Å². The molecule has 2 N–H and O–H groups in total. The van der Waals surface area contributed by atoms with Crippen molar-refractivity contribution in [2.45, 2.75) is 40.0 Å². The highest BCUT2D eigenvalue weighted by atomic mass is 32.2. The lowest BCUT2D eigenvalue weighted by Gasteiger charge is -2.21. The SMILES string of the molecule is CCCC(CCO)CNS(=O)(=O)N(CC)CC. The average molecular weight is 266 g/mol. The molecule has 0 heterocycles. The Morgan fingerprint density at radius 1 is 1.18 bits per heavy atom. The Kier molecular flexibility index (Phi) is 8.77. The summed E-state index contributed by atoms with van der Waals surface area (Å²) in [6, 6.07) is 0. The van der Waals surface area contributed by atoms with Crippen LogP contribution in [0.15, 0.2) is 0 Å². The van der Waals surface area contributed by atoms with Crippen LogP contribution < -0.4 is 4.72 Å². The fraction of sp³-hybridized carbons (Fsp3) is 1.00. The number of aliphatic hydroxyl groups excluding tert-OH is 1. The summed E-state index contributed by atoms with van der Waals surface area (Å²) < 4.78 is 27.7. The molecule has 1 unspecified atom stereocenters. The molecule has 0 aliphatic heterocycles. The highest BCUT2D eigenvalue weighted by molar-refractivity contribution is 7.87. The molecule has 0 rings (SSSR count). The minimum atomic E-state index is -3.35. The van der Waals surface area contributed by atoms with Gasteiger partial charge in [-0.3, -0.25) is 0 Å². The molecule has 0 aromatic rings. The lowest BCUT2D eigenvalue weighted by atomic mass is 10.0. The maximum absolute atomic E-state index is 11.9. The predicted octanol–water partition coefficient (Wildman–Crippen LogP) is 0.961. The van der Waals surface area contributed by atoms with Gasteiger partial charge in [0.2, 0.25) is 0 Å². The fourth-order valence-electron chi connectivity index (χ4n) is 1.82. The molecule has 0 aromatic carbocycles. The molecule has 1 atom stereocenters. The first-order chi connectivity index (χ1) is 8.01. The number of aliphatic hydroxyl groups is 1. The molecule has 0 bridgehead atoms. The van der Waals surface area contributed by atoms with Gasteiger partial charge in [0.15, 0.2) is 0 Å². The van der Waals surface area contributed by atoms with E-state index < -0.39 is 10.2 Å². The van der Waals surface area contributed by atoms with E-state index in [4.69, 9.17) is 5.11 Å². The minimum absolute atomic E-state index is 0.109. The first kappa shape index (κ1) is 16.8. The maximum Gasteiger partial charge on any atom is 0.279 e. The van der Waals surface area contributed by atoms with Gasteiger partial charge in [-0.15, -0.1) is 0 Å². The summed E-state index contributed by atoms with van der Waals surface area (Å²) in [7, 11) is -3.35. The van der Waals surface area contributed by atoms with E-state index in [2.05, 4.69) is 11.6 Å². The van der Waals surface area contributed by atoms with E-state index >= 15 is 0 Å². The van der Waals surface area contributed by atoms with Crippen LogP contribution in [0.2, 0.25) is 0 Å². The van der Waals surface area contributed by atoms with Gasteiger partial charge in [-0.2, -0.15) is 12.7 Å². The summed E-state index contributed by atoms with van der Waals surface area (Å²) in [6.07, 6.45) is 2.58. The Hall–Kier alpha value is -0.170. The Labute approximate surface area is 105 Å². The van der Waals surface area contributed by atoms with Gasteiger partial charge in [-0.1, -0.05) is 27.2 Å². The van der Waals surface area contributed by atoms with Crippen molar-refractivity contribution in [3.8, 4) is 0 Å². The normalized spacial score (nSPS) is 14.2. The zero-order valence-corrected chi connectivity index (χ0v) is 12.0. The third-order valence-corrected chi connectivity index (χ3v) is 4.56. The van der Waals surface area contributed by atoms with Gasteiger partial charge in [0.1, 0.15) is 0 Å². The second-order valence-electron chi connectivity index (χ2n) is 4.10. The number of hydrogen-bond donors (Lipinski definition) is 2. The van der Waals surface area contributed by atoms with Gasteiger partial charge in [-0.25, -0.2) is 4.72 Å². The summed E-state index contributed by atoms with van der Waals surface area (Å²) in [5.41, 5.74) is 0. The fourth-order valence-corrected chi connectivity index (χ4v) is 3.13. The number of nitrogens with one attached hydrogen (secondary N) is 1. The largest absolute Gasteiger partial charge is 0.396 e. The minimum Gasteiger partial charge on any atom is -0.396 e. The molecule has 0 aliphatic rings. The van der Waals surface area contributed by atoms with Gasteiger partial charge in [0.05, 0.1) is 0 Å². The quantitative estimate of drug-likeness (QED) is 0.619. The molecule has 0 saturated carbocycles. The Balaban J connectivity index is 4.31. The summed E-state index contributed by atoms with van der Waals surface area (Å²) in [5, 5.41) is 8.91. The van der Waals surface area contributed by atoms with Crippen LogP contribution in [0.5, 0.6) is 0 Å². The molecule has 0 spiro atoms. The molecular formula is C11H26N2O3S. The van der Waals surface area contributed by atoms with E-state index in [0.717, 1.165) is 12.8 Å². The molecule has 0 fully saturated rings. The molecule has 0 aliphatic carbocycles. The van der Waals surface area contributed by atoms with Gasteiger partial charge in [0, 0.05) is 26.2 Å². The Morgan fingerprint density at radius 3 is 2.18 bits per heavy atom. The molecule has 0 amide bonds. The summed E-state index contributed by atoms with van der Waals surface area (Å²) >= 11 is 0. The maximum atomic E-state index is 11.9. The van der Waals surface area contributed by atoms with Crippen molar-refractivity contribution in [3.05, 3.63) is 0 Å². The molecule has 6 heteroatoms. The van der Waals surface area contributed by atoms with Crippen molar-refractivity contribution >= 4 is 10.2 Å². The van der Waals surface area contributed by atoms with Crippen LogP contribution in [-0.4, -0.2) is 44.1 Å². The van der Waals surface area contributed by atoms with Gasteiger partial charge in [-0.05, 0) is 18.8 Å². The van der Waals surface area contributed by atoms with Crippen LogP contribution in [-0.2, 0) is 10.2 Å². The molecular weight excluding hydrogens is 240 g/mol. The monoisotopic (exact) mass is 266 g/mol. The summed E-state index contributed by atoms with van der Waals surface area (Å²) in [5.74, 6) is 0.218. The van der Waals surface area contributed by atoms with Crippen LogP contribution >= 0.6 is 0 Å². The Bertz CT molecular complexity index is 270. The first-order valence-electron chi connectivity index (χ1n) is 6.37. The predicted molar refractivity (Wildman–Crippen MR) is 69.9 cm³/mol. The van der Waals surface area contributed by atoms with Crippen molar-refractivity contribution in [1.82, 2.24) is 9.03 Å². The third-order valence-electron chi connectivity index (χ3n) is 2.83. The number of nitrogens with zero attached hydrogens (tertiary/aromatic N) is 1. The summed E-state index contributed by atoms with van der Waals surface area (Å²) in [4.78, 5) is 0. The average Bonchev–Trinajstić information content (AvgIpc) is 2.28. The first-order valence-corrected chi connectivity index (χ1v) is 7.81. The molecule has 104 valence electrons. The van der Waals surface area contributed by atoms with Crippen molar-refractivity contribution in [2.24, 2.45) is 5.92 Å². The van der Waals surface area contributed by atoms with Crippen molar-refractivity contribution in [3.63, 3.8) is 0 Å². The van der Waals surface area contributed by atoms with E-state index in [9.17, 15) is 8.42 Å². The molecule has 0 aromatic heterocycles. The van der Waals surface area contributed by atoms with E-state index in [1.165, 1.54) is 4.31 Å². The zero-order valence-electron chi connectivity index (χ0n) is 11.1. The van der Waals surface area contributed by atoms with Gasteiger partial charge in [0.25, 0.3) is 10.2 Å². The zero-order chi connectivity index (χ0) is 13.3. The van der Waals surface area contributed by atoms with Crippen LogP contribution in [0.1, 0.15) is 40.0 Å². The standard InChI is InChI=1S/C11H26N2O3S/c1-4-7-11(8-9-14)10-12-17(15,16)13(5-2)6-3/h11-12,14H,4-10H2,1-3H3. The van der Waals surface area contributed by atoms with Gasteiger partial charge < -0.3 is 5.11 Å². The van der Waals surface area contributed by atoms with Gasteiger partial charge >= 0.3 is 0 Å². The van der Waals surface area contributed by atoms with Crippen molar-refractivity contribution < 1.29 is 13.5 Å². The Morgan fingerprint density at radius 2 is 1.76 bits per heavy atom. The van der Waals surface area contributed by atoms with E-state index in [0.29, 0.717) is 26.1 Å². The molecule has 5 nitrogen and oxygen atoms in total. The van der Waals surface area contributed by atoms with E-state index in [1.807, 2.05) is 13.8 Å². The van der Waals surface area contributed by atoms with Crippen LogP contribution in [0.3, 0.4) is 0 Å². The van der Waals surface area contributed by atoms with Crippen molar-refractivity contribution in [2.75, 3.05) is 26.2 Å². The second kappa shape index (κ2) is 8.85. The summed E-state index contributed by atoms with van der Waals surface area (Å²) in [6.45, 7) is 7.17. The molecule has 0 radical (unpaired) electrons. The van der Waals surface area contributed by atoms with Crippen molar-refractivity contribution in [1.29, 1.82) is 0 Å². The lowest BCUT2D eigenvalue weighted by molar-refractivity contribution is 0.251. The third kappa shape index (κ3) is 6.35. The second-order valence-corrected chi connectivity index (χ2v) is 5.86. The van der Waals surface area contributed by atoms with E-state index in [1.54, 1.807) is 0 Å². The van der Waals surface area contributed by atoms with Crippen LogP contribution in [0.4, 0.5) is 0 Å². The number of hydrogen-bond acceptors (Lipinski definition) is 3. The molecule has 0 saturated heterocycles. The number of rotatable bonds is 10. The highest BCUT2D eigenvalue weighted by Gasteiger charge is 2.19. The van der Waals surface area contributed by atoms with Crippen LogP contribution in [0.25, 0.3) is 0 Å².